The van der Waals surface area contributed by atoms with Crippen LogP contribution in [0.15, 0.2) is 23.2 Å². The van der Waals surface area contributed by atoms with E-state index in [2.05, 4.69) is 4.99 Å². The Morgan fingerprint density at radius 3 is 2.85 bits per heavy atom. The Morgan fingerprint density at radius 2 is 2.20 bits per heavy atom. The van der Waals surface area contributed by atoms with Crippen molar-refractivity contribution in [2.45, 2.75) is 20.4 Å². The maximum absolute atomic E-state index is 13.2. The van der Waals surface area contributed by atoms with Crippen LogP contribution in [-0.4, -0.2) is 21.3 Å². The molecule has 2 aromatic rings. The molecule has 0 spiro atoms. The number of nitrogens with zero attached hydrogens (tertiary/aromatic N) is 2. The molecule has 7 heteroatoms. The second-order valence-corrected chi connectivity index (χ2v) is 6.19. The van der Waals surface area contributed by atoms with E-state index in [1.54, 1.807) is 6.07 Å². The molecule has 0 aliphatic heterocycles. The number of carbonyl (C=O) groups excluding carboxylic acids is 2. The lowest BCUT2D eigenvalue weighted by molar-refractivity contribution is -0.116. The molecule has 0 atom stereocenters. The summed E-state index contributed by atoms with van der Waals surface area (Å²) in [4.78, 5) is 27.1. The minimum Gasteiger partial charge on any atom is -0.317 e. The zero-order valence-corrected chi connectivity index (χ0v) is 12.7. The second-order valence-electron chi connectivity index (χ2n) is 4.03. The van der Waals surface area contributed by atoms with Gasteiger partial charge < -0.3 is 4.57 Å². The number of fused-ring (bicyclic) bond motifs is 1. The number of benzene rings is 1. The topological polar surface area (TPSA) is 51.4 Å². The van der Waals surface area contributed by atoms with E-state index in [-0.39, 0.29) is 22.6 Å². The summed E-state index contributed by atoms with van der Waals surface area (Å²) in [5, 5.41) is -0.115. The standard InChI is InChI=1S/C13H13FN2O2S2/c1-3-16-10-5-4-9(14)6-11(10)20-13(16)15-12(18)7-19-8(2)17/h4-6H,3,7H2,1-2H3. The number of thiazole rings is 1. The number of halogens is 1. The Balaban J connectivity index is 2.42. The fourth-order valence-electron chi connectivity index (χ4n) is 1.74. The number of thioether (sulfide) groups is 1. The number of rotatable bonds is 3. The molecule has 2 rings (SSSR count). The van der Waals surface area contributed by atoms with E-state index in [1.807, 2.05) is 11.5 Å². The SMILES string of the molecule is CCn1c(=NC(=O)CSC(C)=O)sc2cc(F)ccc21. The number of aryl methyl sites for hydroxylation is 1. The average Bonchev–Trinajstić information content (AvgIpc) is 2.72. The lowest BCUT2D eigenvalue weighted by Crippen LogP contribution is -2.16. The Kier molecular flexibility index (Phi) is 4.72. The number of hydrogen-bond donors (Lipinski definition) is 0. The van der Waals surface area contributed by atoms with Gasteiger partial charge in [0, 0.05) is 13.5 Å². The summed E-state index contributed by atoms with van der Waals surface area (Å²) in [5.74, 6) is -0.645. The van der Waals surface area contributed by atoms with Gasteiger partial charge in [-0.05, 0) is 25.1 Å². The molecule has 1 amide bonds. The third kappa shape index (κ3) is 3.34. The second kappa shape index (κ2) is 6.32. The van der Waals surface area contributed by atoms with Crippen molar-refractivity contribution >= 4 is 44.3 Å². The molecule has 0 unspecified atom stereocenters. The van der Waals surface area contributed by atoms with Gasteiger partial charge in [-0.2, -0.15) is 4.99 Å². The van der Waals surface area contributed by atoms with Gasteiger partial charge in [0.05, 0.1) is 16.0 Å². The van der Waals surface area contributed by atoms with Crippen LogP contribution in [0, 0.1) is 5.82 Å². The van der Waals surface area contributed by atoms with E-state index in [1.165, 1.54) is 30.4 Å². The van der Waals surface area contributed by atoms with Gasteiger partial charge in [-0.3, -0.25) is 9.59 Å². The molecular weight excluding hydrogens is 299 g/mol. The summed E-state index contributed by atoms with van der Waals surface area (Å²) in [6.07, 6.45) is 0. The Bertz CT molecular complexity index is 734. The van der Waals surface area contributed by atoms with E-state index in [9.17, 15) is 14.0 Å². The summed E-state index contributed by atoms with van der Waals surface area (Å²) in [6.45, 7) is 3.98. The number of hydrogen-bond acceptors (Lipinski definition) is 4. The average molecular weight is 312 g/mol. The summed E-state index contributed by atoms with van der Waals surface area (Å²) in [6, 6.07) is 4.50. The van der Waals surface area contributed by atoms with E-state index in [0.29, 0.717) is 11.3 Å². The Morgan fingerprint density at radius 1 is 1.45 bits per heavy atom. The fourth-order valence-corrected chi connectivity index (χ4v) is 3.27. The molecule has 4 nitrogen and oxygen atoms in total. The smallest absolute Gasteiger partial charge is 0.258 e. The zero-order chi connectivity index (χ0) is 14.7. The quantitative estimate of drug-likeness (QED) is 0.875. The maximum Gasteiger partial charge on any atom is 0.258 e. The number of amides is 1. The van der Waals surface area contributed by atoms with Crippen LogP contribution < -0.4 is 4.80 Å². The monoisotopic (exact) mass is 312 g/mol. The van der Waals surface area contributed by atoms with Crippen LogP contribution in [0.25, 0.3) is 10.2 Å². The van der Waals surface area contributed by atoms with Crippen LogP contribution in [0.5, 0.6) is 0 Å². The predicted octanol–water partition coefficient (Wildman–Crippen LogP) is 2.57. The van der Waals surface area contributed by atoms with Crippen LogP contribution in [-0.2, 0) is 16.1 Å². The molecular formula is C13H13FN2O2S2. The van der Waals surface area contributed by atoms with Crippen LogP contribution in [0.2, 0.25) is 0 Å². The number of aromatic nitrogens is 1. The third-order valence-electron chi connectivity index (χ3n) is 2.58. The lowest BCUT2D eigenvalue weighted by atomic mass is 10.3. The molecule has 0 N–H and O–H groups in total. The van der Waals surface area contributed by atoms with Crippen molar-refractivity contribution in [2.24, 2.45) is 4.99 Å². The van der Waals surface area contributed by atoms with Crippen LogP contribution in [0.4, 0.5) is 4.39 Å². The van der Waals surface area contributed by atoms with Crippen molar-refractivity contribution in [1.82, 2.24) is 4.57 Å². The molecule has 20 heavy (non-hydrogen) atoms. The van der Waals surface area contributed by atoms with Gasteiger partial charge in [0.25, 0.3) is 5.91 Å². The molecule has 0 saturated carbocycles. The zero-order valence-electron chi connectivity index (χ0n) is 11.1. The van der Waals surface area contributed by atoms with Crippen molar-refractivity contribution < 1.29 is 14.0 Å². The van der Waals surface area contributed by atoms with Gasteiger partial charge in [0.15, 0.2) is 9.92 Å². The molecule has 0 bridgehead atoms. The van der Waals surface area contributed by atoms with Crippen LogP contribution in [0.3, 0.4) is 0 Å². The van der Waals surface area contributed by atoms with Crippen molar-refractivity contribution in [3.05, 3.63) is 28.8 Å². The molecule has 0 aliphatic carbocycles. The third-order valence-corrected chi connectivity index (χ3v) is 4.42. The molecule has 1 aromatic carbocycles. The Labute approximate surface area is 123 Å². The largest absolute Gasteiger partial charge is 0.317 e. The highest BCUT2D eigenvalue weighted by Gasteiger charge is 2.08. The normalized spacial score (nSPS) is 12.1. The first-order chi connectivity index (χ1) is 9.51. The van der Waals surface area contributed by atoms with Crippen molar-refractivity contribution in [1.29, 1.82) is 0 Å². The maximum atomic E-state index is 13.2. The highest BCUT2D eigenvalue weighted by molar-refractivity contribution is 8.14. The predicted molar refractivity (Wildman–Crippen MR) is 79.2 cm³/mol. The van der Waals surface area contributed by atoms with E-state index in [0.717, 1.165) is 22.0 Å². The molecule has 106 valence electrons. The van der Waals surface area contributed by atoms with Gasteiger partial charge >= 0.3 is 0 Å². The summed E-state index contributed by atoms with van der Waals surface area (Å²) < 4.78 is 15.8. The minimum absolute atomic E-state index is 0.0294. The highest BCUT2D eigenvalue weighted by Crippen LogP contribution is 2.18. The molecule has 0 radical (unpaired) electrons. The van der Waals surface area contributed by atoms with Gasteiger partial charge in [-0.15, -0.1) is 0 Å². The van der Waals surface area contributed by atoms with Gasteiger partial charge in [0.1, 0.15) is 5.82 Å². The van der Waals surface area contributed by atoms with Crippen LogP contribution >= 0.6 is 23.1 Å². The molecule has 0 saturated heterocycles. The van der Waals surface area contributed by atoms with E-state index in [4.69, 9.17) is 0 Å². The van der Waals surface area contributed by atoms with Crippen molar-refractivity contribution in [3.8, 4) is 0 Å². The van der Waals surface area contributed by atoms with Crippen molar-refractivity contribution in [2.75, 3.05) is 5.75 Å². The lowest BCUT2D eigenvalue weighted by Gasteiger charge is -1.99. The minimum atomic E-state index is -0.362. The molecule has 1 heterocycles. The van der Waals surface area contributed by atoms with Gasteiger partial charge in [-0.1, -0.05) is 23.1 Å². The summed E-state index contributed by atoms with van der Waals surface area (Å²) in [5.41, 5.74) is 0.852. The molecule has 0 fully saturated rings. The fraction of sp³-hybridized carbons (Fsp3) is 0.308. The first-order valence-electron chi connectivity index (χ1n) is 6.01. The summed E-state index contributed by atoms with van der Waals surface area (Å²) in [7, 11) is 0. The van der Waals surface area contributed by atoms with E-state index < -0.39 is 0 Å². The Hall–Kier alpha value is -1.47. The first-order valence-corrected chi connectivity index (χ1v) is 7.81. The summed E-state index contributed by atoms with van der Waals surface area (Å²) >= 11 is 2.20. The first kappa shape index (κ1) is 14.9. The van der Waals surface area contributed by atoms with Gasteiger partial charge in [0.2, 0.25) is 0 Å². The van der Waals surface area contributed by atoms with Crippen molar-refractivity contribution in [3.63, 3.8) is 0 Å². The highest BCUT2D eigenvalue weighted by atomic mass is 32.2. The molecule has 1 aromatic heterocycles. The number of carbonyl (C=O) groups is 2. The van der Waals surface area contributed by atoms with Gasteiger partial charge in [-0.25, -0.2) is 4.39 Å². The van der Waals surface area contributed by atoms with Crippen LogP contribution in [0.1, 0.15) is 13.8 Å². The molecule has 0 aliphatic rings. The van der Waals surface area contributed by atoms with E-state index >= 15 is 0 Å².